The molecule has 0 saturated carbocycles. The summed E-state index contributed by atoms with van der Waals surface area (Å²) in [4.78, 5) is 6.91. The third-order valence-electron chi connectivity index (χ3n) is 6.94. The van der Waals surface area contributed by atoms with E-state index >= 15 is 0 Å². The number of aromatic nitrogens is 2. The van der Waals surface area contributed by atoms with Crippen molar-refractivity contribution >= 4 is 38.3 Å². The molecule has 3 heterocycles. The number of hydrogen-bond donors (Lipinski definition) is 13. The van der Waals surface area contributed by atoms with Gasteiger partial charge in [-0.05, 0) is 24.3 Å². The van der Waals surface area contributed by atoms with Gasteiger partial charge in [0.2, 0.25) is 0 Å². The van der Waals surface area contributed by atoms with E-state index in [1.807, 2.05) is 13.8 Å². The van der Waals surface area contributed by atoms with Gasteiger partial charge in [-0.3, -0.25) is 4.74 Å². The molecular weight excluding hydrogens is 683 g/mol. The predicted molar refractivity (Wildman–Crippen MR) is 144 cm³/mol. The zero-order valence-corrected chi connectivity index (χ0v) is 24.7. The first-order chi connectivity index (χ1) is 20.6. The topological polar surface area (TPSA) is 312 Å². The van der Waals surface area contributed by atoms with E-state index in [-0.39, 0.29) is 22.4 Å². The third-order valence-corrected chi connectivity index (χ3v) is 7.44. The van der Waals surface area contributed by atoms with Crippen LogP contribution in [0.15, 0.2) is 41.1 Å². The summed E-state index contributed by atoms with van der Waals surface area (Å²) < 4.78 is 28.8. The second kappa shape index (κ2) is 10.8. The summed E-state index contributed by atoms with van der Waals surface area (Å²) in [5, 5.41) is 128. The summed E-state index contributed by atoms with van der Waals surface area (Å²) in [6.45, 7) is 4.00. The number of nitrogens with zero attached hydrogens (tertiary/aromatic N) is 3. The van der Waals surface area contributed by atoms with Gasteiger partial charge in [0.25, 0.3) is 23.1 Å². The largest absolute Gasteiger partial charge is 0.493 e. The van der Waals surface area contributed by atoms with Crippen molar-refractivity contribution in [1.82, 2.24) is 14.9 Å². The third kappa shape index (κ3) is 4.64. The van der Waals surface area contributed by atoms with Gasteiger partial charge in [0.05, 0.1) is 18.3 Å². The molecule has 2 saturated heterocycles. The summed E-state index contributed by atoms with van der Waals surface area (Å²) in [5.74, 6) is -25.8. The zero-order valence-electron chi connectivity index (χ0n) is 23.2. The Morgan fingerprint density at radius 2 is 1.53 bits per heavy atom. The van der Waals surface area contributed by atoms with Crippen LogP contribution in [-0.4, -0.2) is 124 Å². The average molecular weight is 711 g/mol. The van der Waals surface area contributed by atoms with Gasteiger partial charge in [-0.15, -0.1) is 4.90 Å². The minimum absolute atomic E-state index is 0.0120. The Morgan fingerprint density at radius 3 is 2.09 bits per heavy atom. The van der Waals surface area contributed by atoms with Gasteiger partial charge in [0, 0.05) is 15.9 Å². The van der Waals surface area contributed by atoms with Crippen molar-refractivity contribution in [3.8, 4) is 11.5 Å². The molecule has 1 aromatic heterocycles. The molecule has 2 aliphatic heterocycles. The number of anilines is 2. The quantitative estimate of drug-likeness (QED) is 0.111. The van der Waals surface area contributed by atoms with Crippen LogP contribution in [0.2, 0.25) is 0 Å². The number of hydrogen-bond acceptors (Lipinski definition) is 19. The number of rotatable bonds is 6. The number of halogens is 2. The highest BCUT2D eigenvalue weighted by molar-refractivity contribution is 9.10. The van der Waals surface area contributed by atoms with E-state index in [0.29, 0.717) is 4.47 Å². The van der Waals surface area contributed by atoms with Crippen LogP contribution in [0.5, 0.6) is 11.5 Å². The highest BCUT2D eigenvalue weighted by Crippen LogP contribution is 2.61. The number of nitrogens with one attached hydrogen (secondary N) is 1. The first-order valence-electron chi connectivity index (χ1n) is 12.5. The fraction of sp³-hybridized carbons (Fsp3) is 0.417. The van der Waals surface area contributed by atoms with Crippen molar-refractivity contribution in [2.75, 3.05) is 12.4 Å². The van der Waals surface area contributed by atoms with Crippen molar-refractivity contribution in [2.45, 2.75) is 54.9 Å². The van der Waals surface area contributed by atoms with Crippen molar-refractivity contribution in [3.63, 3.8) is 0 Å². The highest BCUT2D eigenvalue weighted by atomic mass is 79.9. The Balaban J connectivity index is 0.00000226. The maximum absolute atomic E-state index is 14.4. The first-order valence-corrected chi connectivity index (χ1v) is 13.3. The molecule has 248 valence electrons. The summed E-state index contributed by atoms with van der Waals surface area (Å²) in [5.41, 5.74) is -5.20. The van der Waals surface area contributed by atoms with Crippen LogP contribution in [0.4, 0.5) is 15.9 Å². The van der Waals surface area contributed by atoms with E-state index in [4.69, 9.17) is 9.47 Å². The van der Waals surface area contributed by atoms with Crippen LogP contribution in [0.3, 0.4) is 0 Å². The molecule has 2 fully saturated rings. The summed E-state index contributed by atoms with van der Waals surface area (Å²) in [6, 6.07) is 6.02. The summed E-state index contributed by atoms with van der Waals surface area (Å²) in [6.07, 6.45) is -3.07. The van der Waals surface area contributed by atoms with Crippen LogP contribution in [-0.2, 0) is 4.74 Å². The number of methoxy groups -OCH3 is 1. The molecule has 2 aliphatic rings. The van der Waals surface area contributed by atoms with Crippen molar-refractivity contribution in [2.24, 2.45) is 0 Å². The van der Waals surface area contributed by atoms with Crippen LogP contribution >= 0.6 is 15.9 Å². The molecule has 45 heavy (non-hydrogen) atoms. The van der Waals surface area contributed by atoms with Gasteiger partial charge in [-0.25, -0.2) is 14.4 Å². The molecule has 2 unspecified atom stereocenters. The summed E-state index contributed by atoms with van der Waals surface area (Å²) in [7, 11) is 1.02. The lowest BCUT2D eigenvalue weighted by molar-refractivity contribution is -0.746. The molecule has 13 N–H and O–H groups in total. The minimum Gasteiger partial charge on any atom is -0.493 e. The van der Waals surface area contributed by atoms with Gasteiger partial charge in [-0.1, -0.05) is 29.8 Å². The molecule has 19 nitrogen and oxygen atoms in total. The van der Waals surface area contributed by atoms with Crippen molar-refractivity contribution in [1.29, 1.82) is 0 Å². The Hall–Kier alpha value is -2.97. The number of fused-ring (bicyclic) bond motifs is 2. The smallest absolute Gasteiger partial charge is 0.364 e. The van der Waals surface area contributed by atoms with E-state index in [2.05, 4.69) is 36.0 Å². The molecule has 0 aliphatic carbocycles. The molecule has 2 atom stereocenters. The van der Waals surface area contributed by atoms with Gasteiger partial charge in [0.15, 0.2) is 11.5 Å². The van der Waals surface area contributed by atoms with E-state index in [9.17, 15) is 65.7 Å². The van der Waals surface area contributed by atoms with E-state index in [1.54, 1.807) is 0 Å². The van der Waals surface area contributed by atoms with Crippen LogP contribution < -0.4 is 14.8 Å². The molecule has 3 aromatic rings. The predicted octanol–water partition coefficient (Wildman–Crippen LogP) is -3.35. The van der Waals surface area contributed by atoms with Gasteiger partial charge < -0.3 is 76.1 Å². The number of benzene rings is 2. The van der Waals surface area contributed by atoms with E-state index in [0.717, 1.165) is 25.6 Å². The molecule has 0 bridgehead atoms. The minimum atomic E-state index is -5.06. The second-order valence-corrected chi connectivity index (χ2v) is 10.4. The second-order valence-electron chi connectivity index (χ2n) is 9.51. The molecule has 0 radical (unpaired) electrons. The molecule has 0 amide bonds. The standard InChI is InChI=1S/C22H22BrFN4O15.C2H6/c1-41-13-5-9-12(25-7-26-15(9)27-11-3-2-8(23)4-10(11)24)6-14(13)42-21(37,38)16(29)17(30,31)19(34,35)28-20(36,18(16,32)33)43-22(28,39)40;1-2/h2-7,29-40H,1H3,(H,25,26,27);1-2H3. The van der Waals surface area contributed by atoms with E-state index in [1.165, 1.54) is 18.2 Å². The maximum Gasteiger partial charge on any atom is 0.364 e. The van der Waals surface area contributed by atoms with Gasteiger partial charge >= 0.3 is 18.0 Å². The first kappa shape index (κ1) is 34.9. The molecule has 21 heteroatoms. The molecule has 0 spiro atoms. The van der Waals surface area contributed by atoms with Crippen LogP contribution in [0.25, 0.3) is 10.9 Å². The van der Waals surface area contributed by atoms with Crippen molar-refractivity contribution in [3.05, 3.63) is 46.9 Å². The fourth-order valence-corrected chi connectivity index (χ4v) is 5.10. The van der Waals surface area contributed by atoms with Gasteiger partial charge in [-0.2, -0.15) is 0 Å². The van der Waals surface area contributed by atoms with Crippen LogP contribution in [0, 0.1) is 5.82 Å². The van der Waals surface area contributed by atoms with Gasteiger partial charge in [0.1, 0.15) is 18.0 Å². The lowest BCUT2D eigenvalue weighted by atomic mass is 9.71. The van der Waals surface area contributed by atoms with Crippen molar-refractivity contribution < 1.29 is 79.9 Å². The number of aliphatic hydroxyl groups is 12. The lowest BCUT2D eigenvalue weighted by Gasteiger charge is -2.70. The summed E-state index contributed by atoms with van der Waals surface area (Å²) >= 11 is 3.12. The average Bonchev–Trinajstić information content (AvgIpc) is 2.92. The SMILES string of the molecule is CC.COc1cc2c(Nc3ccc(Br)cc3F)ncnc2cc1OC(O)(O)C1(O)C(O)(O)C(O)(O)N2C(O)(O)OC2(O)C1(O)O. The Kier molecular flexibility index (Phi) is 8.37. The fourth-order valence-electron chi connectivity index (χ4n) is 4.76. The zero-order chi connectivity index (χ0) is 34.2. The monoisotopic (exact) mass is 710 g/mol. The lowest BCUT2D eigenvalue weighted by Crippen LogP contribution is -3.04. The Morgan fingerprint density at radius 1 is 0.911 bits per heavy atom. The molecule has 2 aromatic carbocycles. The molecule has 5 rings (SSSR count). The Labute approximate surface area is 258 Å². The number of piperidine rings is 1. The molecular formula is C24H28BrFN4O15. The Bertz CT molecular complexity index is 1600. The highest BCUT2D eigenvalue weighted by Gasteiger charge is 2.97. The maximum atomic E-state index is 14.4. The van der Waals surface area contributed by atoms with Crippen LogP contribution in [0.1, 0.15) is 13.8 Å². The van der Waals surface area contributed by atoms with E-state index < -0.39 is 63.3 Å². The number of ether oxygens (including phenoxy) is 3. The normalized spacial score (nSPS) is 26.2.